The molecule has 0 aliphatic rings. The Hall–Kier alpha value is -3.26. The van der Waals surface area contributed by atoms with Gasteiger partial charge in [0, 0.05) is 17.3 Å². The molecule has 0 fully saturated rings. The van der Waals surface area contributed by atoms with E-state index >= 15 is 0 Å². The number of benzene rings is 2. The molecule has 0 spiro atoms. The van der Waals surface area contributed by atoms with Gasteiger partial charge in [0.1, 0.15) is 5.95 Å². The van der Waals surface area contributed by atoms with Crippen molar-refractivity contribution < 1.29 is 14.3 Å². The highest BCUT2D eigenvalue weighted by atomic mass is 16.6. The van der Waals surface area contributed by atoms with Gasteiger partial charge in [-0.2, -0.15) is 0 Å². The maximum atomic E-state index is 11.1. The summed E-state index contributed by atoms with van der Waals surface area (Å²) in [5.41, 5.74) is 8.62. The lowest BCUT2D eigenvalue weighted by Crippen LogP contribution is -2.32. The van der Waals surface area contributed by atoms with Crippen LogP contribution in [-0.2, 0) is 0 Å². The zero-order valence-corrected chi connectivity index (χ0v) is 11.0. The molecule has 0 radical (unpaired) electrons. The number of nitrogens with zero attached hydrogens (tertiary/aromatic N) is 2. The second-order valence-electron chi connectivity index (χ2n) is 4.35. The van der Waals surface area contributed by atoms with Gasteiger partial charge in [0.2, 0.25) is 6.20 Å². The number of aromatic nitrogens is 2. The summed E-state index contributed by atoms with van der Waals surface area (Å²) < 4.78 is 5.92. The molecule has 0 bridgehead atoms. The molecule has 0 unspecified atom stereocenters. The quantitative estimate of drug-likeness (QED) is 0.409. The second kappa shape index (κ2) is 5.39. The molecule has 5 heteroatoms. The van der Waals surface area contributed by atoms with Gasteiger partial charge in [-0.1, -0.05) is 24.0 Å². The Morgan fingerprint density at radius 2 is 1.81 bits per heavy atom. The molecule has 0 aliphatic heterocycles. The summed E-state index contributed by atoms with van der Waals surface area (Å²) in [5.74, 6) is 5.61. The fourth-order valence-electron chi connectivity index (χ4n) is 1.83. The summed E-state index contributed by atoms with van der Waals surface area (Å²) in [5, 5.41) is 14.7. The number of rotatable bonds is 1. The number of nitrogen functional groups attached to an aromatic ring is 1. The van der Waals surface area contributed by atoms with Crippen LogP contribution in [0.2, 0.25) is 0 Å². The van der Waals surface area contributed by atoms with Crippen molar-refractivity contribution in [2.45, 2.75) is 0 Å². The Morgan fingerprint density at radius 3 is 2.52 bits per heavy atom. The summed E-state index contributed by atoms with van der Waals surface area (Å²) in [7, 11) is 0. The smallest absolute Gasteiger partial charge is 0.254 e. The van der Waals surface area contributed by atoms with E-state index in [1.807, 2.05) is 36.4 Å². The molecule has 102 valence electrons. The summed E-state index contributed by atoms with van der Waals surface area (Å²) in [6.45, 7) is 0. The summed E-state index contributed by atoms with van der Waals surface area (Å²) >= 11 is 0. The molecular formula is C16H11N3O2. The Labute approximate surface area is 121 Å². The maximum absolute atomic E-state index is 11.1. The van der Waals surface area contributed by atoms with Crippen molar-refractivity contribution in [3.8, 4) is 23.5 Å². The van der Waals surface area contributed by atoms with E-state index in [9.17, 15) is 5.11 Å². The first-order chi connectivity index (χ1) is 10.2. The van der Waals surface area contributed by atoms with Crippen molar-refractivity contribution in [1.82, 2.24) is 5.27 Å². The molecule has 5 nitrogen and oxygen atoms in total. The molecular weight excluding hydrogens is 266 g/mol. The van der Waals surface area contributed by atoms with Gasteiger partial charge in [0.25, 0.3) is 5.69 Å². The predicted octanol–water partition coefficient (Wildman–Crippen LogP) is 1.01. The van der Waals surface area contributed by atoms with Gasteiger partial charge in [0.05, 0.1) is 10.8 Å². The third kappa shape index (κ3) is 2.85. The van der Waals surface area contributed by atoms with Crippen LogP contribution < -0.4 is 15.5 Å². The van der Waals surface area contributed by atoms with E-state index < -0.39 is 5.95 Å². The van der Waals surface area contributed by atoms with E-state index in [1.165, 1.54) is 10.9 Å². The summed E-state index contributed by atoms with van der Waals surface area (Å²) in [6.07, 6.45) is 1.27. The van der Waals surface area contributed by atoms with E-state index in [0.29, 0.717) is 11.4 Å². The Morgan fingerprint density at radius 1 is 1.05 bits per heavy atom. The molecule has 0 aliphatic carbocycles. The molecule has 0 amide bonds. The Balaban J connectivity index is 1.99. The largest absolute Gasteiger partial charge is 0.539 e. The highest BCUT2D eigenvalue weighted by molar-refractivity contribution is 5.51. The van der Waals surface area contributed by atoms with Crippen molar-refractivity contribution in [3.63, 3.8) is 0 Å². The highest BCUT2D eigenvalue weighted by Crippen LogP contribution is 2.09. The number of hydrogen-bond acceptors (Lipinski definition) is 4. The minimum atomic E-state index is -0.503. The molecule has 0 saturated heterocycles. The van der Waals surface area contributed by atoms with Crippen LogP contribution in [0.1, 0.15) is 11.1 Å². The zero-order chi connectivity index (χ0) is 14.7. The van der Waals surface area contributed by atoms with Crippen LogP contribution in [0.5, 0.6) is 5.95 Å². The van der Waals surface area contributed by atoms with E-state index in [0.717, 1.165) is 11.1 Å². The first-order valence-corrected chi connectivity index (χ1v) is 6.25. The van der Waals surface area contributed by atoms with Gasteiger partial charge in [0.15, 0.2) is 0 Å². The number of hydrogen-bond donors (Lipinski definition) is 1. The molecule has 3 aromatic rings. The topological polar surface area (TPSA) is 79.0 Å². The zero-order valence-electron chi connectivity index (χ0n) is 11.0. The molecule has 2 aromatic carbocycles. The van der Waals surface area contributed by atoms with Crippen LogP contribution in [-0.4, -0.2) is 5.27 Å². The van der Waals surface area contributed by atoms with Crippen LogP contribution in [0.15, 0.2) is 59.3 Å². The van der Waals surface area contributed by atoms with E-state index in [4.69, 9.17) is 5.73 Å². The van der Waals surface area contributed by atoms with Crippen LogP contribution in [0.4, 0.5) is 5.69 Å². The summed E-state index contributed by atoms with van der Waals surface area (Å²) in [4.78, 5) is 0. The fraction of sp³-hybridized carbons (Fsp3) is 0. The van der Waals surface area contributed by atoms with Crippen molar-refractivity contribution in [1.29, 1.82) is 0 Å². The Kier molecular flexibility index (Phi) is 3.27. The van der Waals surface area contributed by atoms with E-state index in [-0.39, 0.29) is 0 Å². The molecule has 21 heavy (non-hydrogen) atoms. The lowest BCUT2D eigenvalue weighted by atomic mass is 10.1. The number of anilines is 1. The molecule has 1 heterocycles. The van der Waals surface area contributed by atoms with E-state index in [1.54, 1.807) is 12.1 Å². The fourth-order valence-corrected chi connectivity index (χ4v) is 1.83. The monoisotopic (exact) mass is 277 g/mol. The Bertz CT molecular complexity index is 826. The van der Waals surface area contributed by atoms with E-state index in [2.05, 4.69) is 21.6 Å². The normalized spacial score (nSPS) is 9.90. The molecule has 3 rings (SSSR count). The average Bonchev–Trinajstić information content (AvgIpc) is 2.93. The highest BCUT2D eigenvalue weighted by Gasteiger charge is 2.13. The van der Waals surface area contributed by atoms with Crippen LogP contribution in [0.25, 0.3) is 5.69 Å². The van der Waals surface area contributed by atoms with Gasteiger partial charge in [-0.3, -0.25) is 0 Å². The van der Waals surface area contributed by atoms with Gasteiger partial charge in [-0.25, -0.2) is 0 Å². The first kappa shape index (κ1) is 12.8. The van der Waals surface area contributed by atoms with Gasteiger partial charge < -0.3 is 15.4 Å². The van der Waals surface area contributed by atoms with Crippen molar-refractivity contribution in [2.75, 3.05) is 5.73 Å². The minimum Gasteiger partial charge on any atom is -0.539 e. The molecule has 2 N–H and O–H groups in total. The standard InChI is InChI=1S/C16H11N3O2/c17-14-9-6-12(7-10-14)5-8-13-3-1-2-4-15(13)19-11-16(20)21-18-19/h1-4,6-7,9-11H,(H2-,17,18,20). The minimum absolute atomic E-state index is 0.503. The summed E-state index contributed by atoms with van der Waals surface area (Å²) in [6, 6.07) is 14.7. The van der Waals surface area contributed by atoms with Gasteiger partial charge >= 0.3 is 0 Å². The molecule has 0 saturated carbocycles. The molecule has 0 atom stereocenters. The lowest BCUT2D eigenvalue weighted by Gasteiger charge is -1.94. The van der Waals surface area contributed by atoms with Crippen molar-refractivity contribution in [2.24, 2.45) is 0 Å². The van der Waals surface area contributed by atoms with Gasteiger partial charge in [-0.15, -0.1) is 0 Å². The van der Waals surface area contributed by atoms with Crippen molar-refractivity contribution in [3.05, 3.63) is 65.9 Å². The molecule has 1 aromatic heterocycles. The van der Waals surface area contributed by atoms with Crippen molar-refractivity contribution >= 4 is 5.69 Å². The third-order valence-electron chi connectivity index (χ3n) is 2.85. The van der Waals surface area contributed by atoms with Crippen LogP contribution in [0, 0.1) is 11.8 Å². The first-order valence-electron chi connectivity index (χ1n) is 6.25. The second-order valence-corrected chi connectivity index (χ2v) is 4.35. The predicted molar refractivity (Wildman–Crippen MR) is 74.3 cm³/mol. The number of para-hydroxylation sites is 1. The maximum Gasteiger partial charge on any atom is 0.254 e. The SMILES string of the molecule is Nc1ccc(C#Cc2ccccc2-[n+]2cc([O-])on2)cc1. The van der Waals surface area contributed by atoms with Gasteiger partial charge in [-0.05, 0) is 35.0 Å². The van der Waals surface area contributed by atoms with Crippen LogP contribution >= 0.6 is 0 Å². The average molecular weight is 277 g/mol. The van der Waals surface area contributed by atoms with Crippen LogP contribution in [0.3, 0.4) is 0 Å². The number of nitrogens with two attached hydrogens (primary N) is 1. The lowest BCUT2D eigenvalue weighted by molar-refractivity contribution is -0.670. The third-order valence-corrected chi connectivity index (χ3v) is 2.85.